The Hall–Kier alpha value is -3.86. The first-order valence-corrected chi connectivity index (χ1v) is 12.5. The molecule has 0 bridgehead atoms. The fourth-order valence-corrected chi connectivity index (χ4v) is 4.40. The largest absolute Gasteiger partial charge is 0.491 e. The molecule has 0 spiro atoms. The van der Waals surface area contributed by atoms with Gasteiger partial charge in [-0.25, -0.2) is 13.2 Å². The average Bonchev–Trinajstić information content (AvgIpc) is 2.91. The highest BCUT2D eigenvalue weighted by molar-refractivity contribution is 5.99. The van der Waals surface area contributed by atoms with Crippen molar-refractivity contribution < 1.29 is 22.7 Å². The van der Waals surface area contributed by atoms with Gasteiger partial charge < -0.3 is 4.74 Å². The molecule has 190 valence electrons. The Morgan fingerprint density at radius 3 is 1.68 bits per heavy atom. The molecule has 0 radical (unpaired) electrons. The minimum absolute atomic E-state index is 0.111. The van der Waals surface area contributed by atoms with Gasteiger partial charge >= 0.3 is 0 Å². The molecule has 0 saturated heterocycles. The number of ether oxygens (including phenoxy) is 1. The van der Waals surface area contributed by atoms with Crippen LogP contribution in [0.1, 0.15) is 53.7 Å². The molecule has 0 N–H and O–H groups in total. The highest BCUT2D eigenvalue weighted by atomic mass is 19.3. The van der Waals surface area contributed by atoms with Gasteiger partial charge in [-0.15, -0.1) is 0 Å². The molecule has 0 aromatic heterocycles. The van der Waals surface area contributed by atoms with Crippen molar-refractivity contribution in [3.8, 4) is 28.0 Å². The molecular formula is C32H29F3O2. The van der Waals surface area contributed by atoms with Crippen LogP contribution in [0.4, 0.5) is 13.2 Å². The van der Waals surface area contributed by atoms with Crippen LogP contribution in [0, 0.1) is 5.82 Å². The molecule has 0 aliphatic rings. The first kappa shape index (κ1) is 26.2. The van der Waals surface area contributed by atoms with Crippen molar-refractivity contribution in [3.63, 3.8) is 0 Å². The van der Waals surface area contributed by atoms with Crippen LogP contribution in [0.3, 0.4) is 0 Å². The van der Waals surface area contributed by atoms with Crippen LogP contribution in [-0.2, 0) is 12.8 Å². The normalized spacial score (nSPS) is 11.1. The predicted molar refractivity (Wildman–Crippen MR) is 142 cm³/mol. The number of carbonyl (C=O) groups excluding carboxylic acids is 1. The fraction of sp³-hybridized carbons (Fsp3) is 0.219. The number of benzene rings is 4. The Balaban J connectivity index is 1.47. The lowest BCUT2D eigenvalue weighted by Gasteiger charge is -2.13. The summed E-state index contributed by atoms with van der Waals surface area (Å²) in [5.74, 6) is -2.03. The van der Waals surface area contributed by atoms with E-state index in [1.54, 1.807) is 19.1 Å². The second-order valence-corrected chi connectivity index (χ2v) is 8.89. The summed E-state index contributed by atoms with van der Waals surface area (Å²) in [6, 6.07) is 26.7. The van der Waals surface area contributed by atoms with Crippen LogP contribution in [0.15, 0.2) is 84.9 Å². The number of ketones is 1. The molecule has 4 aromatic rings. The Labute approximate surface area is 215 Å². The van der Waals surface area contributed by atoms with Crippen LogP contribution in [0.2, 0.25) is 0 Å². The van der Waals surface area contributed by atoms with Crippen molar-refractivity contribution in [2.45, 2.75) is 39.5 Å². The molecule has 0 aliphatic carbocycles. The van der Waals surface area contributed by atoms with Crippen LogP contribution >= 0.6 is 0 Å². The molecule has 0 saturated carbocycles. The maximum absolute atomic E-state index is 14.5. The molecular weight excluding hydrogens is 473 g/mol. The highest BCUT2D eigenvalue weighted by Crippen LogP contribution is 2.33. The van der Waals surface area contributed by atoms with Crippen molar-refractivity contribution >= 4 is 5.78 Å². The molecule has 0 unspecified atom stereocenters. The number of Topliss-reactive ketones (excluding diaryl/α,β-unsaturated/α-hetero) is 1. The Morgan fingerprint density at radius 1 is 0.730 bits per heavy atom. The van der Waals surface area contributed by atoms with Gasteiger partial charge in [0.05, 0.1) is 12.2 Å². The van der Waals surface area contributed by atoms with Gasteiger partial charge in [-0.05, 0) is 58.9 Å². The lowest BCUT2D eigenvalue weighted by Crippen LogP contribution is -2.11. The number of carbonyl (C=O) groups is 1. The monoisotopic (exact) mass is 502 g/mol. The van der Waals surface area contributed by atoms with Crippen molar-refractivity contribution in [1.82, 2.24) is 0 Å². The van der Waals surface area contributed by atoms with E-state index in [9.17, 15) is 18.0 Å². The number of aryl methyl sites for hydroxylation is 1. The van der Waals surface area contributed by atoms with E-state index < -0.39 is 23.6 Å². The van der Waals surface area contributed by atoms with Crippen molar-refractivity contribution in [2.24, 2.45) is 0 Å². The molecule has 0 fully saturated rings. The van der Waals surface area contributed by atoms with Crippen molar-refractivity contribution in [1.29, 1.82) is 0 Å². The zero-order chi connectivity index (χ0) is 26.4. The first-order chi connectivity index (χ1) is 17.9. The van der Waals surface area contributed by atoms with Crippen LogP contribution in [0.25, 0.3) is 22.3 Å². The standard InChI is InChI=1S/C32H29F3O2/c1-3-5-21-6-10-23(11-7-21)25-14-16-26(17-15-25)24-12-8-22(9-13-24)20-28(36)27-18-19-29(37-4-2)31(33)30(27)32(34)35/h6-19,32H,3-5,20H2,1-2H3. The van der Waals surface area contributed by atoms with Gasteiger partial charge in [0.2, 0.25) is 0 Å². The number of halogens is 3. The topological polar surface area (TPSA) is 26.3 Å². The van der Waals surface area contributed by atoms with E-state index in [0.717, 1.165) is 35.1 Å². The Morgan fingerprint density at radius 2 is 1.22 bits per heavy atom. The molecule has 37 heavy (non-hydrogen) atoms. The number of hydrogen-bond donors (Lipinski definition) is 0. The van der Waals surface area contributed by atoms with Gasteiger partial charge in [-0.2, -0.15) is 0 Å². The Bertz CT molecular complexity index is 1340. The maximum Gasteiger partial charge on any atom is 0.267 e. The number of rotatable bonds is 10. The van der Waals surface area contributed by atoms with Crippen LogP contribution in [-0.4, -0.2) is 12.4 Å². The minimum atomic E-state index is -3.13. The van der Waals surface area contributed by atoms with Crippen molar-refractivity contribution in [2.75, 3.05) is 6.61 Å². The van der Waals surface area contributed by atoms with Gasteiger partial charge in [-0.1, -0.05) is 86.1 Å². The van der Waals surface area contributed by atoms with Gasteiger partial charge in [0.15, 0.2) is 17.3 Å². The summed E-state index contributed by atoms with van der Waals surface area (Å²) in [5, 5.41) is 0. The summed E-state index contributed by atoms with van der Waals surface area (Å²) in [4.78, 5) is 12.8. The van der Waals surface area contributed by atoms with Crippen LogP contribution in [0.5, 0.6) is 5.75 Å². The molecule has 4 aromatic carbocycles. The number of hydrogen-bond acceptors (Lipinski definition) is 2. The fourth-order valence-electron chi connectivity index (χ4n) is 4.40. The van der Waals surface area contributed by atoms with Gasteiger partial charge in [0.25, 0.3) is 6.43 Å². The van der Waals surface area contributed by atoms with E-state index in [-0.39, 0.29) is 24.3 Å². The van der Waals surface area contributed by atoms with E-state index in [2.05, 4.69) is 43.3 Å². The third-order valence-corrected chi connectivity index (χ3v) is 6.33. The van der Waals surface area contributed by atoms with E-state index in [0.29, 0.717) is 5.56 Å². The predicted octanol–water partition coefficient (Wildman–Crippen LogP) is 8.87. The zero-order valence-corrected chi connectivity index (χ0v) is 20.9. The second kappa shape index (κ2) is 11.9. The first-order valence-electron chi connectivity index (χ1n) is 12.5. The van der Waals surface area contributed by atoms with E-state index in [1.807, 2.05) is 24.3 Å². The maximum atomic E-state index is 14.5. The summed E-state index contributed by atoms with van der Waals surface area (Å²) >= 11 is 0. The zero-order valence-electron chi connectivity index (χ0n) is 20.9. The lowest BCUT2D eigenvalue weighted by molar-refractivity contribution is 0.0975. The summed E-state index contributed by atoms with van der Waals surface area (Å²) < 4.78 is 46.8. The molecule has 0 heterocycles. The minimum Gasteiger partial charge on any atom is -0.491 e. The van der Waals surface area contributed by atoms with E-state index >= 15 is 0 Å². The summed E-state index contributed by atoms with van der Waals surface area (Å²) in [6.07, 6.45) is -1.04. The SMILES string of the molecule is CCCc1ccc(-c2ccc(-c3ccc(CC(=O)c4ccc(OCC)c(F)c4C(F)F)cc3)cc2)cc1. The molecule has 4 rings (SSSR count). The summed E-state index contributed by atoms with van der Waals surface area (Å²) in [7, 11) is 0. The van der Waals surface area contributed by atoms with E-state index in [4.69, 9.17) is 4.74 Å². The van der Waals surface area contributed by atoms with E-state index in [1.165, 1.54) is 17.7 Å². The van der Waals surface area contributed by atoms with Gasteiger partial charge in [-0.3, -0.25) is 4.79 Å². The highest BCUT2D eigenvalue weighted by Gasteiger charge is 2.25. The van der Waals surface area contributed by atoms with Gasteiger partial charge in [0, 0.05) is 12.0 Å². The van der Waals surface area contributed by atoms with Gasteiger partial charge in [0.1, 0.15) is 0 Å². The second-order valence-electron chi connectivity index (χ2n) is 8.89. The Kier molecular flexibility index (Phi) is 8.44. The third-order valence-electron chi connectivity index (χ3n) is 6.33. The van der Waals surface area contributed by atoms with Crippen LogP contribution < -0.4 is 4.74 Å². The summed E-state index contributed by atoms with van der Waals surface area (Å²) in [5.41, 5.74) is 5.05. The smallest absolute Gasteiger partial charge is 0.267 e. The average molecular weight is 503 g/mol. The molecule has 0 aliphatic heterocycles. The molecule has 0 amide bonds. The van der Waals surface area contributed by atoms with Crippen molar-refractivity contribution in [3.05, 3.63) is 113 Å². The molecule has 0 atom stereocenters. The summed E-state index contributed by atoms with van der Waals surface area (Å²) in [6.45, 7) is 3.93. The number of alkyl halides is 2. The quantitative estimate of drug-likeness (QED) is 0.202. The molecule has 5 heteroatoms. The third kappa shape index (κ3) is 6.11. The molecule has 2 nitrogen and oxygen atoms in total. The lowest BCUT2D eigenvalue weighted by atomic mass is 9.95.